The fourth-order valence-electron chi connectivity index (χ4n) is 0.921. The van der Waals surface area contributed by atoms with Crippen molar-refractivity contribution in [3.8, 4) is 0 Å². The van der Waals surface area contributed by atoms with E-state index in [2.05, 4.69) is 13.8 Å². The lowest BCUT2D eigenvalue weighted by atomic mass is 10.3. The maximum atomic E-state index is 5.60. The highest BCUT2D eigenvalue weighted by Crippen LogP contribution is 2.08. The van der Waals surface area contributed by atoms with Crippen LogP contribution in [0.3, 0.4) is 0 Å². The Hall–Kier alpha value is -0.703. The van der Waals surface area contributed by atoms with Gasteiger partial charge in [-0.15, -0.1) is 0 Å². The highest BCUT2D eigenvalue weighted by atomic mass is 28.4. The van der Waals surface area contributed by atoms with E-state index in [9.17, 15) is 0 Å². The zero-order valence-electron chi connectivity index (χ0n) is 10.5. The van der Waals surface area contributed by atoms with Gasteiger partial charge in [0.1, 0.15) is 0 Å². The fourth-order valence-corrected chi connectivity index (χ4v) is 1.82. The average molecular weight is 228 g/mol. The number of rotatable bonds is 8. The van der Waals surface area contributed by atoms with E-state index in [1.807, 2.05) is 25.2 Å². The molecule has 15 heavy (non-hydrogen) atoms. The summed E-state index contributed by atoms with van der Waals surface area (Å²) in [4.78, 5) is 0. The molecule has 88 valence electrons. The molecule has 0 spiro atoms. The molecule has 0 atom stereocenters. The minimum atomic E-state index is -1.98. The molecule has 0 aliphatic carbocycles. The molecule has 0 rings (SSSR count). The van der Waals surface area contributed by atoms with Crippen LogP contribution in [0.4, 0.5) is 0 Å². The van der Waals surface area contributed by atoms with E-state index in [0.29, 0.717) is 0 Å². The van der Waals surface area contributed by atoms with Gasteiger partial charge >= 0.3 is 8.56 Å². The molecule has 2 nitrogen and oxygen atoms in total. The van der Waals surface area contributed by atoms with Gasteiger partial charge in [-0.25, -0.2) is 0 Å². The highest BCUT2D eigenvalue weighted by Gasteiger charge is 2.25. The zero-order valence-corrected chi connectivity index (χ0v) is 11.5. The van der Waals surface area contributed by atoms with Crippen LogP contribution in [0.25, 0.3) is 0 Å². The Morgan fingerprint density at radius 1 is 0.867 bits per heavy atom. The fraction of sp³-hybridized carbons (Fsp3) is 0.667. The van der Waals surface area contributed by atoms with Crippen molar-refractivity contribution in [3.63, 3.8) is 0 Å². The predicted molar refractivity (Wildman–Crippen MR) is 67.7 cm³/mol. The van der Waals surface area contributed by atoms with Crippen LogP contribution in [0.1, 0.15) is 39.5 Å². The van der Waals surface area contributed by atoms with Gasteiger partial charge in [0.2, 0.25) is 0 Å². The van der Waals surface area contributed by atoms with Gasteiger partial charge in [-0.3, -0.25) is 0 Å². The quantitative estimate of drug-likeness (QED) is 0.454. The molecule has 0 bridgehead atoms. The average Bonchev–Trinajstić information content (AvgIpc) is 2.20. The van der Waals surface area contributed by atoms with Crippen molar-refractivity contribution >= 4 is 8.56 Å². The van der Waals surface area contributed by atoms with Crippen LogP contribution in [-0.4, -0.2) is 8.56 Å². The lowest BCUT2D eigenvalue weighted by molar-refractivity contribution is 0.318. The lowest BCUT2D eigenvalue weighted by Crippen LogP contribution is -2.30. The Kier molecular flexibility index (Phi) is 8.19. The molecular weight excluding hydrogens is 204 g/mol. The van der Waals surface area contributed by atoms with Crippen molar-refractivity contribution in [2.75, 3.05) is 0 Å². The van der Waals surface area contributed by atoms with Gasteiger partial charge in [0.15, 0.2) is 0 Å². The Morgan fingerprint density at radius 2 is 1.27 bits per heavy atom. The van der Waals surface area contributed by atoms with Crippen molar-refractivity contribution in [2.45, 2.75) is 52.6 Å². The molecule has 0 fully saturated rings. The Bertz CT molecular complexity index is 178. The predicted octanol–water partition coefficient (Wildman–Crippen LogP) is 4.35. The van der Waals surface area contributed by atoms with Gasteiger partial charge in [0, 0.05) is 13.1 Å². The van der Waals surface area contributed by atoms with Crippen molar-refractivity contribution < 1.29 is 8.85 Å². The van der Waals surface area contributed by atoms with Crippen molar-refractivity contribution in [1.82, 2.24) is 0 Å². The topological polar surface area (TPSA) is 18.5 Å². The smallest absolute Gasteiger partial charge is 0.453 e. The first-order valence-electron chi connectivity index (χ1n) is 5.78. The third-order valence-corrected chi connectivity index (χ3v) is 3.21. The molecule has 0 unspecified atom stereocenters. The van der Waals surface area contributed by atoms with Crippen LogP contribution in [0.15, 0.2) is 24.7 Å². The highest BCUT2D eigenvalue weighted by molar-refractivity contribution is 6.64. The molecule has 0 heterocycles. The monoisotopic (exact) mass is 228 g/mol. The molecule has 0 saturated heterocycles. The summed E-state index contributed by atoms with van der Waals surface area (Å²) in [6, 6.07) is 0. The molecule has 0 aromatic heterocycles. The Morgan fingerprint density at radius 3 is 1.60 bits per heavy atom. The minimum Gasteiger partial charge on any atom is -0.519 e. The van der Waals surface area contributed by atoms with E-state index in [4.69, 9.17) is 8.85 Å². The second kappa shape index (κ2) is 8.59. The standard InChI is InChI=1S/C12H24O2Si/c1-5-7-9-11-13-15(3,4)14-12-10-8-6-2/h9-12H,5-8H2,1-4H3/b11-9-,12-10+. The van der Waals surface area contributed by atoms with E-state index in [-0.39, 0.29) is 0 Å². The minimum absolute atomic E-state index is 1.07. The van der Waals surface area contributed by atoms with E-state index < -0.39 is 8.56 Å². The van der Waals surface area contributed by atoms with Crippen molar-refractivity contribution in [1.29, 1.82) is 0 Å². The molecule has 0 aromatic carbocycles. The summed E-state index contributed by atoms with van der Waals surface area (Å²) >= 11 is 0. The molecular formula is C12H24O2Si. The summed E-state index contributed by atoms with van der Waals surface area (Å²) in [5, 5.41) is 0. The summed E-state index contributed by atoms with van der Waals surface area (Å²) in [6.07, 6.45) is 12.1. The Labute approximate surface area is 95.2 Å². The van der Waals surface area contributed by atoms with Crippen LogP contribution < -0.4 is 0 Å². The van der Waals surface area contributed by atoms with E-state index in [1.54, 1.807) is 12.5 Å². The normalized spacial score (nSPS) is 12.5. The summed E-state index contributed by atoms with van der Waals surface area (Å²) in [5.41, 5.74) is 0. The van der Waals surface area contributed by atoms with E-state index in [1.165, 1.54) is 0 Å². The maximum absolute atomic E-state index is 5.60. The first-order valence-corrected chi connectivity index (χ1v) is 8.59. The third-order valence-electron chi connectivity index (χ3n) is 1.81. The zero-order chi connectivity index (χ0) is 11.6. The molecule has 0 aliphatic heterocycles. The summed E-state index contributed by atoms with van der Waals surface area (Å²) in [5.74, 6) is 0. The first-order chi connectivity index (χ1) is 7.12. The molecule has 0 amide bonds. The van der Waals surface area contributed by atoms with Gasteiger partial charge < -0.3 is 8.85 Å². The number of hydrogen-bond acceptors (Lipinski definition) is 2. The number of hydrogen-bond donors (Lipinski definition) is 0. The largest absolute Gasteiger partial charge is 0.519 e. The lowest BCUT2D eigenvalue weighted by Gasteiger charge is -2.19. The molecule has 0 N–H and O–H groups in total. The summed E-state index contributed by atoms with van der Waals surface area (Å²) in [7, 11) is -1.98. The molecule has 0 aliphatic rings. The van der Waals surface area contributed by atoms with Gasteiger partial charge in [0.25, 0.3) is 0 Å². The SMILES string of the molecule is CCC/C=C\O[Si](C)(C)O/C=C/CCC. The van der Waals surface area contributed by atoms with Gasteiger partial charge in [-0.1, -0.05) is 38.8 Å². The van der Waals surface area contributed by atoms with E-state index >= 15 is 0 Å². The second-order valence-corrected chi connectivity index (χ2v) is 7.23. The number of unbranched alkanes of at least 4 members (excludes halogenated alkanes) is 2. The number of allylic oxidation sites excluding steroid dienone is 2. The third kappa shape index (κ3) is 9.60. The van der Waals surface area contributed by atoms with Crippen molar-refractivity contribution in [3.05, 3.63) is 24.7 Å². The summed E-state index contributed by atoms with van der Waals surface area (Å²) < 4.78 is 11.2. The van der Waals surface area contributed by atoms with Crippen LogP contribution in [0.5, 0.6) is 0 Å². The maximum Gasteiger partial charge on any atom is 0.453 e. The molecule has 0 radical (unpaired) electrons. The van der Waals surface area contributed by atoms with Crippen molar-refractivity contribution in [2.24, 2.45) is 0 Å². The van der Waals surface area contributed by atoms with E-state index in [0.717, 1.165) is 25.7 Å². The van der Waals surface area contributed by atoms with Gasteiger partial charge in [0.05, 0.1) is 12.5 Å². The molecule has 0 saturated carbocycles. The molecule has 3 heteroatoms. The summed E-state index contributed by atoms with van der Waals surface area (Å²) in [6.45, 7) is 8.38. The van der Waals surface area contributed by atoms with Crippen LogP contribution in [-0.2, 0) is 8.85 Å². The molecule has 0 aromatic rings. The van der Waals surface area contributed by atoms with Gasteiger partial charge in [-0.2, -0.15) is 0 Å². The van der Waals surface area contributed by atoms with Crippen LogP contribution in [0.2, 0.25) is 13.1 Å². The Balaban J connectivity index is 3.75. The van der Waals surface area contributed by atoms with Crippen LogP contribution >= 0.6 is 0 Å². The van der Waals surface area contributed by atoms with Crippen LogP contribution in [0, 0.1) is 0 Å². The first kappa shape index (κ1) is 14.3. The van der Waals surface area contributed by atoms with Gasteiger partial charge in [-0.05, 0) is 12.8 Å². The second-order valence-electron chi connectivity index (χ2n) is 3.96.